The molecule has 3 N–H and O–H groups in total. The molecule has 24 heavy (non-hydrogen) atoms. The maximum atomic E-state index is 11.5. The summed E-state index contributed by atoms with van der Waals surface area (Å²) < 4.78 is 6.26. The molecule has 1 amide bonds. The van der Waals surface area contributed by atoms with Crippen LogP contribution in [-0.2, 0) is 11.3 Å². The van der Waals surface area contributed by atoms with Crippen molar-refractivity contribution in [3.8, 4) is 0 Å². The predicted molar refractivity (Wildman–Crippen MR) is 114 cm³/mol. The largest absolute Gasteiger partial charge is 0.444 e. The molecule has 0 radical (unpaired) electrons. The monoisotopic (exact) mass is 532 g/mol. The lowest BCUT2D eigenvalue weighted by atomic mass is 10.2. The second kappa shape index (κ2) is 11.9. The third-order valence-corrected chi connectivity index (χ3v) is 4.29. The highest BCUT2D eigenvalue weighted by atomic mass is 127. The zero-order valence-corrected chi connectivity index (χ0v) is 19.2. The van der Waals surface area contributed by atoms with Crippen LogP contribution in [0.1, 0.15) is 32.1 Å². The number of halogens is 2. The first kappa shape index (κ1) is 23.4. The summed E-state index contributed by atoms with van der Waals surface area (Å²) in [7, 11) is 1.73. The van der Waals surface area contributed by atoms with Gasteiger partial charge in [0.25, 0.3) is 0 Å². The van der Waals surface area contributed by atoms with Crippen molar-refractivity contribution in [3.05, 3.63) is 20.8 Å². The number of guanidine groups is 1. The van der Waals surface area contributed by atoms with E-state index >= 15 is 0 Å². The van der Waals surface area contributed by atoms with E-state index in [0.717, 1.165) is 23.4 Å². The van der Waals surface area contributed by atoms with Crippen molar-refractivity contribution in [3.63, 3.8) is 0 Å². The van der Waals surface area contributed by atoms with Crippen molar-refractivity contribution in [2.45, 2.75) is 39.3 Å². The van der Waals surface area contributed by atoms with Crippen molar-refractivity contribution in [1.29, 1.82) is 0 Å². The van der Waals surface area contributed by atoms with E-state index in [-0.39, 0.29) is 30.1 Å². The third kappa shape index (κ3) is 11.1. The zero-order valence-electron chi connectivity index (χ0n) is 14.4. The molecule has 9 heteroatoms. The Bertz CT molecular complexity index is 532. The van der Waals surface area contributed by atoms with Crippen molar-refractivity contribution in [2.75, 3.05) is 20.1 Å². The van der Waals surface area contributed by atoms with Gasteiger partial charge in [-0.15, -0.1) is 35.3 Å². The summed E-state index contributed by atoms with van der Waals surface area (Å²) in [5.41, 5.74) is -0.467. The Balaban J connectivity index is 0.00000529. The molecule has 0 saturated carbocycles. The Morgan fingerprint density at radius 1 is 1.29 bits per heavy atom. The van der Waals surface area contributed by atoms with E-state index in [1.54, 1.807) is 18.4 Å². The van der Waals surface area contributed by atoms with Crippen LogP contribution < -0.4 is 16.0 Å². The van der Waals surface area contributed by atoms with Crippen LogP contribution in [0, 0.1) is 0 Å². The molecule has 0 aliphatic heterocycles. The number of thiophene rings is 1. The zero-order chi connectivity index (χ0) is 17.3. The molecule has 0 spiro atoms. The summed E-state index contributed by atoms with van der Waals surface area (Å²) in [6.45, 7) is 7.52. The van der Waals surface area contributed by atoms with E-state index in [1.807, 2.05) is 20.8 Å². The molecule has 1 aromatic rings. The van der Waals surface area contributed by atoms with E-state index in [2.05, 4.69) is 48.3 Å². The lowest BCUT2D eigenvalue weighted by molar-refractivity contribution is 0.0527. The van der Waals surface area contributed by atoms with Crippen LogP contribution in [0.5, 0.6) is 0 Å². The van der Waals surface area contributed by atoms with Crippen LogP contribution in [0.2, 0.25) is 0 Å². The highest BCUT2D eigenvalue weighted by Crippen LogP contribution is 2.19. The van der Waals surface area contributed by atoms with Gasteiger partial charge in [-0.2, -0.15) is 0 Å². The van der Waals surface area contributed by atoms with Crippen LogP contribution in [0.4, 0.5) is 4.79 Å². The number of hydrogen-bond acceptors (Lipinski definition) is 4. The van der Waals surface area contributed by atoms with Gasteiger partial charge < -0.3 is 20.7 Å². The number of rotatable bonds is 6. The predicted octanol–water partition coefficient (Wildman–Crippen LogP) is 3.71. The quantitative estimate of drug-likeness (QED) is 0.226. The molecular weight excluding hydrogens is 507 g/mol. The number of aliphatic imine (C=N–C) groups is 1. The number of hydrogen-bond donors (Lipinski definition) is 3. The standard InChI is InChI=1S/C15H25BrN4O2S.HI/c1-15(2,3)22-14(21)19-7-5-6-18-13(17-4)20-9-12-8-11(16)10-23-12;/h8,10H,5-7,9H2,1-4H3,(H,19,21)(H2,17,18,20);1H. The number of carbonyl (C=O) groups is 1. The summed E-state index contributed by atoms with van der Waals surface area (Å²) >= 11 is 5.13. The van der Waals surface area contributed by atoms with Gasteiger partial charge in [0.05, 0.1) is 6.54 Å². The van der Waals surface area contributed by atoms with Crippen molar-refractivity contribution < 1.29 is 9.53 Å². The second-order valence-electron chi connectivity index (χ2n) is 5.87. The molecule has 0 bridgehead atoms. The number of ether oxygens (including phenoxy) is 1. The van der Waals surface area contributed by atoms with Gasteiger partial charge in [-0.3, -0.25) is 4.99 Å². The van der Waals surface area contributed by atoms with Gasteiger partial charge in [0.2, 0.25) is 0 Å². The molecule has 1 heterocycles. The van der Waals surface area contributed by atoms with Crippen LogP contribution >= 0.6 is 51.2 Å². The number of alkyl carbamates (subject to hydrolysis) is 1. The van der Waals surface area contributed by atoms with E-state index in [4.69, 9.17) is 4.74 Å². The SMILES string of the molecule is CN=C(NCCCNC(=O)OC(C)(C)C)NCc1cc(Br)cs1.I. The molecule has 0 aliphatic rings. The van der Waals surface area contributed by atoms with Crippen LogP contribution in [-0.4, -0.2) is 37.8 Å². The number of amides is 1. The maximum absolute atomic E-state index is 11.5. The summed E-state index contributed by atoms with van der Waals surface area (Å²) in [5.74, 6) is 0.742. The minimum absolute atomic E-state index is 0. The first-order valence-corrected chi connectivity index (χ1v) is 9.11. The normalized spacial score (nSPS) is 11.5. The molecule has 0 fully saturated rings. The summed E-state index contributed by atoms with van der Waals surface area (Å²) in [5, 5.41) is 11.2. The molecule has 1 aromatic heterocycles. The van der Waals surface area contributed by atoms with Crippen LogP contribution in [0.3, 0.4) is 0 Å². The van der Waals surface area contributed by atoms with Crippen molar-refractivity contribution in [1.82, 2.24) is 16.0 Å². The Morgan fingerprint density at radius 2 is 1.96 bits per heavy atom. The van der Waals surface area contributed by atoms with Gasteiger partial charge in [0.15, 0.2) is 5.96 Å². The summed E-state index contributed by atoms with van der Waals surface area (Å²) in [4.78, 5) is 16.9. The lowest BCUT2D eigenvalue weighted by Gasteiger charge is -2.19. The highest BCUT2D eigenvalue weighted by molar-refractivity contribution is 14.0. The minimum Gasteiger partial charge on any atom is -0.444 e. The molecule has 0 aromatic carbocycles. The third-order valence-electron chi connectivity index (χ3n) is 2.59. The van der Waals surface area contributed by atoms with Gasteiger partial charge in [-0.25, -0.2) is 4.79 Å². The Morgan fingerprint density at radius 3 is 2.50 bits per heavy atom. The maximum Gasteiger partial charge on any atom is 0.407 e. The van der Waals surface area contributed by atoms with Crippen molar-refractivity contribution in [2.24, 2.45) is 4.99 Å². The molecule has 0 aliphatic carbocycles. The number of nitrogens with zero attached hydrogens (tertiary/aromatic N) is 1. The van der Waals surface area contributed by atoms with Gasteiger partial charge in [-0.05, 0) is 49.2 Å². The molecule has 138 valence electrons. The number of nitrogens with one attached hydrogen (secondary N) is 3. The van der Waals surface area contributed by atoms with E-state index in [0.29, 0.717) is 13.1 Å². The molecule has 1 rings (SSSR count). The molecular formula is C15H26BrIN4O2S. The van der Waals surface area contributed by atoms with E-state index in [9.17, 15) is 4.79 Å². The second-order valence-corrected chi connectivity index (χ2v) is 7.78. The Kier molecular flexibility index (Phi) is 11.6. The Labute approximate surface area is 173 Å². The van der Waals surface area contributed by atoms with E-state index in [1.165, 1.54) is 4.88 Å². The number of carbonyl (C=O) groups excluding carboxylic acids is 1. The molecule has 0 atom stereocenters. The van der Waals surface area contributed by atoms with Crippen molar-refractivity contribution >= 4 is 63.3 Å². The topological polar surface area (TPSA) is 74.8 Å². The molecule has 6 nitrogen and oxygen atoms in total. The van der Waals surface area contributed by atoms with E-state index < -0.39 is 5.60 Å². The molecule has 0 unspecified atom stereocenters. The van der Waals surface area contributed by atoms with Crippen LogP contribution in [0.15, 0.2) is 20.9 Å². The smallest absolute Gasteiger partial charge is 0.407 e. The minimum atomic E-state index is -0.467. The fourth-order valence-corrected chi connectivity index (χ4v) is 3.03. The lowest BCUT2D eigenvalue weighted by Crippen LogP contribution is -2.38. The average Bonchev–Trinajstić information content (AvgIpc) is 2.85. The van der Waals surface area contributed by atoms with Gasteiger partial charge in [0.1, 0.15) is 5.60 Å². The van der Waals surface area contributed by atoms with Crippen LogP contribution in [0.25, 0.3) is 0 Å². The highest BCUT2D eigenvalue weighted by Gasteiger charge is 2.15. The summed E-state index contributed by atoms with van der Waals surface area (Å²) in [6.07, 6.45) is 0.396. The average molecular weight is 533 g/mol. The first-order chi connectivity index (χ1) is 10.8. The van der Waals surface area contributed by atoms with Gasteiger partial charge in [0, 0.05) is 34.9 Å². The van der Waals surface area contributed by atoms with Gasteiger partial charge in [-0.1, -0.05) is 0 Å². The summed E-state index contributed by atoms with van der Waals surface area (Å²) in [6, 6.07) is 2.08. The first-order valence-electron chi connectivity index (χ1n) is 7.44. The molecule has 0 saturated heterocycles. The fraction of sp³-hybridized carbons (Fsp3) is 0.600. The fourth-order valence-electron chi connectivity index (χ4n) is 1.64. The van der Waals surface area contributed by atoms with Gasteiger partial charge >= 0.3 is 6.09 Å². The Hall–Kier alpha value is -0.550.